The molecule has 0 radical (unpaired) electrons. The van der Waals surface area contributed by atoms with Crippen molar-refractivity contribution in [2.75, 3.05) is 0 Å². The van der Waals surface area contributed by atoms with Crippen LogP contribution >= 0.6 is 31.9 Å². The van der Waals surface area contributed by atoms with Gasteiger partial charge in [0, 0.05) is 12.4 Å². The first-order chi connectivity index (χ1) is 5.29. The summed E-state index contributed by atoms with van der Waals surface area (Å²) in [4.78, 5) is 8.20. The highest BCUT2D eigenvalue weighted by Crippen LogP contribution is 2.23. The van der Waals surface area contributed by atoms with E-state index >= 15 is 0 Å². The van der Waals surface area contributed by atoms with Crippen molar-refractivity contribution in [2.45, 2.75) is 0 Å². The molecule has 2 aromatic heterocycles. The molecule has 11 heavy (non-hydrogen) atoms. The van der Waals surface area contributed by atoms with Gasteiger partial charge in [-0.25, -0.2) is 9.97 Å². The lowest BCUT2D eigenvalue weighted by Gasteiger charge is -1.96. The average molecular weight is 277 g/mol. The molecule has 0 atom stereocenters. The number of imidazole rings is 1. The van der Waals surface area contributed by atoms with Crippen LogP contribution in [0.4, 0.5) is 0 Å². The summed E-state index contributed by atoms with van der Waals surface area (Å²) in [5.74, 6) is 0. The van der Waals surface area contributed by atoms with E-state index in [9.17, 15) is 0 Å². The van der Waals surface area contributed by atoms with E-state index in [4.69, 9.17) is 0 Å². The molecule has 2 aromatic rings. The van der Waals surface area contributed by atoms with Crippen LogP contribution in [0.1, 0.15) is 0 Å². The SMILES string of the molecule is Brc1ncn2ccnc2c1Br. The van der Waals surface area contributed by atoms with Gasteiger partial charge in [-0.3, -0.25) is 4.40 Å². The Balaban J connectivity index is 2.93. The molecule has 0 aliphatic rings. The zero-order valence-corrected chi connectivity index (χ0v) is 8.50. The molecule has 0 saturated heterocycles. The molecule has 0 amide bonds. The zero-order valence-electron chi connectivity index (χ0n) is 5.33. The Morgan fingerprint density at radius 3 is 2.91 bits per heavy atom. The van der Waals surface area contributed by atoms with Crippen LogP contribution in [0.25, 0.3) is 5.65 Å². The van der Waals surface area contributed by atoms with E-state index in [-0.39, 0.29) is 0 Å². The maximum Gasteiger partial charge on any atom is 0.155 e. The van der Waals surface area contributed by atoms with Crippen LogP contribution in [0.3, 0.4) is 0 Å². The first-order valence-electron chi connectivity index (χ1n) is 2.91. The van der Waals surface area contributed by atoms with E-state index < -0.39 is 0 Å². The van der Waals surface area contributed by atoms with E-state index in [0.717, 1.165) is 14.7 Å². The van der Waals surface area contributed by atoms with Crippen molar-refractivity contribution in [3.05, 3.63) is 27.8 Å². The van der Waals surface area contributed by atoms with Gasteiger partial charge in [-0.2, -0.15) is 0 Å². The summed E-state index contributed by atoms with van der Waals surface area (Å²) < 4.78 is 3.50. The van der Waals surface area contributed by atoms with Crippen LogP contribution in [-0.2, 0) is 0 Å². The van der Waals surface area contributed by atoms with Crippen molar-refractivity contribution in [1.29, 1.82) is 0 Å². The molecule has 0 saturated carbocycles. The van der Waals surface area contributed by atoms with Crippen LogP contribution in [0, 0.1) is 0 Å². The molecule has 0 unspecified atom stereocenters. The Labute approximate surface area is 79.7 Å². The van der Waals surface area contributed by atoms with Crippen molar-refractivity contribution in [2.24, 2.45) is 0 Å². The zero-order chi connectivity index (χ0) is 7.84. The summed E-state index contributed by atoms with van der Waals surface area (Å²) in [5, 5.41) is 0. The predicted octanol–water partition coefficient (Wildman–Crippen LogP) is 2.25. The monoisotopic (exact) mass is 275 g/mol. The van der Waals surface area contributed by atoms with Gasteiger partial charge in [-0.15, -0.1) is 0 Å². The summed E-state index contributed by atoms with van der Waals surface area (Å²) in [7, 11) is 0. The van der Waals surface area contributed by atoms with Gasteiger partial charge in [0.05, 0.1) is 4.47 Å². The molecule has 0 spiro atoms. The minimum absolute atomic E-state index is 0.774. The Hall–Kier alpha value is -0.420. The van der Waals surface area contributed by atoms with Crippen molar-refractivity contribution >= 4 is 37.5 Å². The predicted molar refractivity (Wildman–Crippen MR) is 48.4 cm³/mol. The second-order valence-electron chi connectivity index (χ2n) is 2.01. The van der Waals surface area contributed by atoms with Crippen LogP contribution in [-0.4, -0.2) is 14.4 Å². The second-order valence-corrected chi connectivity index (χ2v) is 3.55. The molecule has 0 aliphatic carbocycles. The van der Waals surface area contributed by atoms with Crippen molar-refractivity contribution in [3.8, 4) is 0 Å². The van der Waals surface area contributed by atoms with Gasteiger partial charge in [0.25, 0.3) is 0 Å². The van der Waals surface area contributed by atoms with Crippen LogP contribution < -0.4 is 0 Å². The quantitative estimate of drug-likeness (QED) is 0.691. The molecule has 0 aliphatic heterocycles. The second kappa shape index (κ2) is 2.57. The van der Waals surface area contributed by atoms with Crippen molar-refractivity contribution < 1.29 is 0 Å². The number of hydrogen-bond acceptors (Lipinski definition) is 2. The molecule has 2 heterocycles. The van der Waals surface area contributed by atoms with Gasteiger partial charge >= 0.3 is 0 Å². The Morgan fingerprint density at radius 1 is 1.27 bits per heavy atom. The first kappa shape index (κ1) is 7.24. The largest absolute Gasteiger partial charge is 0.289 e. The van der Waals surface area contributed by atoms with E-state index in [0.29, 0.717) is 0 Å². The Morgan fingerprint density at radius 2 is 2.09 bits per heavy atom. The lowest BCUT2D eigenvalue weighted by molar-refractivity contribution is 1.06. The number of rotatable bonds is 0. The van der Waals surface area contributed by atoms with Crippen molar-refractivity contribution in [3.63, 3.8) is 0 Å². The van der Waals surface area contributed by atoms with E-state index in [2.05, 4.69) is 41.8 Å². The van der Waals surface area contributed by atoms with E-state index in [1.54, 1.807) is 12.5 Å². The number of fused-ring (bicyclic) bond motifs is 1. The topological polar surface area (TPSA) is 30.2 Å². The maximum atomic E-state index is 4.13. The third kappa shape index (κ3) is 1.08. The first-order valence-corrected chi connectivity index (χ1v) is 4.50. The highest BCUT2D eigenvalue weighted by molar-refractivity contribution is 9.13. The minimum atomic E-state index is 0.774. The van der Waals surface area contributed by atoms with Gasteiger partial charge in [0.2, 0.25) is 0 Å². The number of aromatic nitrogens is 3. The van der Waals surface area contributed by atoms with Crippen molar-refractivity contribution in [1.82, 2.24) is 14.4 Å². The summed E-state index contributed by atoms with van der Waals surface area (Å²) in [6.07, 6.45) is 5.28. The molecule has 3 nitrogen and oxygen atoms in total. The minimum Gasteiger partial charge on any atom is -0.289 e. The molecule has 0 fully saturated rings. The molecule has 0 bridgehead atoms. The third-order valence-corrected chi connectivity index (χ3v) is 3.21. The normalized spacial score (nSPS) is 10.7. The molecular weight excluding hydrogens is 274 g/mol. The van der Waals surface area contributed by atoms with Gasteiger partial charge in [-0.05, 0) is 31.9 Å². The third-order valence-electron chi connectivity index (χ3n) is 1.34. The smallest absolute Gasteiger partial charge is 0.155 e. The fraction of sp³-hybridized carbons (Fsp3) is 0. The summed E-state index contributed by atoms with van der Waals surface area (Å²) in [6.45, 7) is 0. The van der Waals surface area contributed by atoms with Crippen LogP contribution in [0.15, 0.2) is 27.8 Å². The number of halogens is 2. The Bertz CT molecular complexity index is 396. The summed E-state index contributed by atoms with van der Waals surface area (Å²) in [6, 6.07) is 0. The molecule has 0 aromatic carbocycles. The van der Waals surface area contributed by atoms with Gasteiger partial charge < -0.3 is 0 Å². The number of hydrogen-bond donors (Lipinski definition) is 0. The average Bonchev–Trinajstić information content (AvgIpc) is 2.45. The highest BCUT2D eigenvalue weighted by Gasteiger charge is 2.03. The fourth-order valence-electron chi connectivity index (χ4n) is 0.838. The molecule has 2 rings (SSSR count). The van der Waals surface area contributed by atoms with E-state index in [1.165, 1.54) is 0 Å². The number of nitrogens with zero attached hydrogens (tertiary/aromatic N) is 3. The summed E-state index contributed by atoms with van der Waals surface area (Å²) in [5.41, 5.74) is 0.867. The van der Waals surface area contributed by atoms with Gasteiger partial charge in [0.1, 0.15) is 10.9 Å². The lowest BCUT2D eigenvalue weighted by Crippen LogP contribution is -1.87. The van der Waals surface area contributed by atoms with Gasteiger partial charge in [-0.1, -0.05) is 0 Å². The van der Waals surface area contributed by atoms with E-state index in [1.807, 2.05) is 10.6 Å². The molecular formula is C6H3Br2N3. The van der Waals surface area contributed by atoms with Gasteiger partial charge in [0.15, 0.2) is 5.65 Å². The van der Waals surface area contributed by atoms with Crippen LogP contribution in [0.5, 0.6) is 0 Å². The maximum absolute atomic E-state index is 4.13. The lowest BCUT2D eigenvalue weighted by atomic mass is 10.6. The fourth-order valence-corrected chi connectivity index (χ4v) is 1.52. The molecule has 0 N–H and O–H groups in total. The Kier molecular flexibility index (Phi) is 1.69. The summed E-state index contributed by atoms with van der Waals surface area (Å²) >= 11 is 6.66. The van der Waals surface area contributed by atoms with Crippen LogP contribution in [0.2, 0.25) is 0 Å². The highest BCUT2D eigenvalue weighted by atomic mass is 79.9. The molecule has 5 heteroatoms. The molecule has 56 valence electrons. The standard InChI is InChI=1S/C6H3Br2N3/c7-4-5(8)10-3-11-2-1-9-6(4)11/h1-3H.